The van der Waals surface area contributed by atoms with Crippen molar-refractivity contribution in [3.05, 3.63) is 17.9 Å². The number of likely N-dealkylation sites (N-methyl/N-ethyl adjacent to an activating group) is 1. The van der Waals surface area contributed by atoms with Crippen molar-refractivity contribution >= 4 is 17.5 Å². The fourth-order valence-electron chi connectivity index (χ4n) is 2.11. The molecule has 0 radical (unpaired) electrons. The maximum Gasteiger partial charge on any atom is 0.258 e. The van der Waals surface area contributed by atoms with E-state index in [0.717, 1.165) is 19.6 Å². The number of anilines is 1. The molecule has 0 spiro atoms. The van der Waals surface area contributed by atoms with E-state index in [0.29, 0.717) is 17.9 Å². The monoisotopic (exact) mass is 294 g/mol. The lowest BCUT2D eigenvalue weighted by atomic mass is 10.2. The van der Waals surface area contributed by atoms with Crippen molar-refractivity contribution in [2.45, 2.75) is 13.0 Å². The molecule has 0 N–H and O–H groups in total. The predicted molar refractivity (Wildman–Crippen MR) is 74.1 cm³/mol. The fourth-order valence-corrected chi connectivity index (χ4v) is 2.27. The van der Waals surface area contributed by atoms with Crippen LogP contribution in [0.25, 0.3) is 5.95 Å². The smallest absolute Gasteiger partial charge is 0.258 e. The molecule has 1 saturated heterocycles. The number of piperazine rings is 1. The van der Waals surface area contributed by atoms with Crippen LogP contribution < -0.4 is 4.90 Å². The Kier molecular flexibility index (Phi) is 3.49. The van der Waals surface area contributed by atoms with Crippen LogP contribution in [0, 0.1) is 0 Å². The fraction of sp³-hybridized carbons (Fsp3) is 0.545. The normalized spacial score (nSPS) is 20.4. The van der Waals surface area contributed by atoms with Gasteiger partial charge in [0.05, 0.1) is 0 Å². The Labute approximate surface area is 121 Å². The SMILES string of the molecule is CC1CN(c2nc(Cl)nc(-n3cncn3)n2)CCN1C. The van der Waals surface area contributed by atoms with E-state index >= 15 is 0 Å². The lowest BCUT2D eigenvalue weighted by Crippen LogP contribution is -2.50. The molecule has 9 heteroatoms. The Balaban J connectivity index is 1.90. The summed E-state index contributed by atoms with van der Waals surface area (Å²) in [5.41, 5.74) is 0. The second-order valence-electron chi connectivity index (χ2n) is 4.82. The maximum absolute atomic E-state index is 5.99. The minimum atomic E-state index is 0.159. The zero-order chi connectivity index (χ0) is 14.1. The van der Waals surface area contributed by atoms with Gasteiger partial charge < -0.3 is 9.80 Å². The van der Waals surface area contributed by atoms with Crippen LogP contribution in [0.1, 0.15) is 6.92 Å². The van der Waals surface area contributed by atoms with E-state index in [1.165, 1.54) is 17.3 Å². The number of hydrogen-bond acceptors (Lipinski definition) is 7. The van der Waals surface area contributed by atoms with Gasteiger partial charge in [-0.3, -0.25) is 0 Å². The van der Waals surface area contributed by atoms with E-state index in [9.17, 15) is 0 Å². The first kappa shape index (κ1) is 13.2. The van der Waals surface area contributed by atoms with E-state index in [-0.39, 0.29) is 5.28 Å². The molecule has 8 nitrogen and oxygen atoms in total. The van der Waals surface area contributed by atoms with E-state index in [4.69, 9.17) is 11.6 Å². The summed E-state index contributed by atoms with van der Waals surface area (Å²) in [6.07, 6.45) is 2.96. The maximum atomic E-state index is 5.99. The lowest BCUT2D eigenvalue weighted by molar-refractivity contribution is 0.232. The third-order valence-corrected chi connectivity index (χ3v) is 3.62. The largest absolute Gasteiger partial charge is 0.338 e. The number of hydrogen-bond donors (Lipinski definition) is 0. The Morgan fingerprint density at radius 3 is 2.70 bits per heavy atom. The van der Waals surface area contributed by atoms with E-state index in [1.54, 1.807) is 0 Å². The van der Waals surface area contributed by atoms with Gasteiger partial charge in [-0.2, -0.15) is 24.7 Å². The summed E-state index contributed by atoms with van der Waals surface area (Å²) < 4.78 is 1.47. The summed E-state index contributed by atoms with van der Waals surface area (Å²) in [5, 5.41) is 4.17. The molecule has 0 saturated carbocycles. The van der Waals surface area contributed by atoms with Gasteiger partial charge in [-0.05, 0) is 25.6 Å². The average molecular weight is 295 g/mol. The molecular formula is C11H15ClN8. The first-order chi connectivity index (χ1) is 9.63. The van der Waals surface area contributed by atoms with Crippen LogP contribution in [0.2, 0.25) is 5.28 Å². The van der Waals surface area contributed by atoms with Crippen LogP contribution in [0.3, 0.4) is 0 Å². The van der Waals surface area contributed by atoms with Gasteiger partial charge in [0.25, 0.3) is 5.95 Å². The summed E-state index contributed by atoms with van der Waals surface area (Å²) in [4.78, 5) is 21.0. The van der Waals surface area contributed by atoms with Gasteiger partial charge in [-0.25, -0.2) is 4.98 Å². The number of aromatic nitrogens is 6. The topological polar surface area (TPSA) is 75.9 Å². The highest BCUT2D eigenvalue weighted by Crippen LogP contribution is 2.16. The van der Waals surface area contributed by atoms with Gasteiger partial charge in [0.2, 0.25) is 11.2 Å². The van der Waals surface area contributed by atoms with Crippen molar-refractivity contribution in [3.8, 4) is 5.95 Å². The Bertz CT molecular complexity index is 586. The zero-order valence-corrected chi connectivity index (χ0v) is 12.1. The van der Waals surface area contributed by atoms with Crippen molar-refractivity contribution in [2.24, 2.45) is 0 Å². The minimum Gasteiger partial charge on any atom is -0.338 e. The predicted octanol–water partition coefficient (Wildman–Crippen LogP) is 0.246. The first-order valence-electron chi connectivity index (χ1n) is 6.35. The van der Waals surface area contributed by atoms with Crippen molar-refractivity contribution in [1.29, 1.82) is 0 Å². The quantitative estimate of drug-likeness (QED) is 0.785. The van der Waals surface area contributed by atoms with Crippen molar-refractivity contribution < 1.29 is 0 Å². The van der Waals surface area contributed by atoms with Gasteiger partial charge in [-0.1, -0.05) is 0 Å². The molecule has 3 heterocycles. The Morgan fingerprint density at radius 2 is 2.00 bits per heavy atom. The van der Waals surface area contributed by atoms with Crippen molar-refractivity contribution in [2.75, 3.05) is 31.6 Å². The molecule has 20 heavy (non-hydrogen) atoms. The van der Waals surface area contributed by atoms with Crippen LogP contribution in [0.4, 0.5) is 5.95 Å². The molecule has 1 aliphatic heterocycles. The zero-order valence-electron chi connectivity index (χ0n) is 11.3. The summed E-state index contributed by atoms with van der Waals surface area (Å²) in [6.45, 7) is 4.85. The van der Waals surface area contributed by atoms with Crippen molar-refractivity contribution in [1.82, 2.24) is 34.6 Å². The van der Waals surface area contributed by atoms with Gasteiger partial charge in [0.15, 0.2) is 0 Å². The van der Waals surface area contributed by atoms with Crippen LogP contribution in [0.15, 0.2) is 12.7 Å². The molecule has 0 aromatic carbocycles. The molecular weight excluding hydrogens is 280 g/mol. The number of rotatable bonds is 2. The molecule has 1 aliphatic rings. The Morgan fingerprint density at radius 1 is 1.20 bits per heavy atom. The first-order valence-corrected chi connectivity index (χ1v) is 6.73. The molecule has 0 amide bonds. The average Bonchev–Trinajstić information content (AvgIpc) is 2.95. The van der Waals surface area contributed by atoms with Gasteiger partial charge in [0.1, 0.15) is 12.7 Å². The van der Waals surface area contributed by atoms with Crippen LogP contribution >= 0.6 is 11.6 Å². The second-order valence-corrected chi connectivity index (χ2v) is 5.16. The molecule has 0 aliphatic carbocycles. The van der Waals surface area contributed by atoms with Crippen LogP contribution in [-0.2, 0) is 0 Å². The van der Waals surface area contributed by atoms with Gasteiger partial charge >= 0.3 is 0 Å². The minimum absolute atomic E-state index is 0.159. The second kappa shape index (κ2) is 5.29. The summed E-state index contributed by atoms with van der Waals surface area (Å²) >= 11 is 5.99. The number of halogens is 1. The van der Waals surface area contributed by atoms with Gasteiger partial charge in [0, 0.05) is 25.7 Å². The van der Waals surface area contributed by atoms with Crippen molar-refractivity contribution in [3.63, 3.8) is 0 Å². The van der Waals surface area contributed by atoms with Gasteiger partial charge in [-0.15, -0.1) is 0 Å². The standard InChI is InChI=1S/C11H15ClN8/c1-8-5-19(4-3-18(8)2)10-15-9(12)16-11(17-10)20-7-13-6-14-20/h6-8H,3-5H2,1-2H3. The molecule has 1 unspecified atom stereocenters. The number of nitrogens with zero attached hydrogens (tertiary/aromatic N) is 8. The third kappa shape index (κ3) is 2.56. The highest BCUT2D eigenvalue weighted by atomic mass is 35.5. The van der Waals surface area contributed by atoms with E-state index in [1.807, 2.05) is 0 Å². The Hall–Kier alpha value is -1.80. The highest BCUT2D eigenvalue weighted by Gasteiger charge is 2.23. The van der Waals surface area contributed by atoms with Crippen LogP contribution in [0.5, 0.6) is 0 Å². The third-order valence-electron chi connectivity index (χ3n) is 3.45. The molecule has 0 bridgehead atoms. The molecule has 1 atom stereocenters. The summed E-state index contributed by atoms with van der Waals surface area (Å²) in [6, 6.07) is 0.439. The summed E-state index contributed by atoms with van der Waals surface area (Å²) in [5.74, 6) is 0.958. The molecule has 106 valence electrons. The van der Waals surface area contributed by atoms with E-state index in [2.05, 4.69) is 48.8 Å². The molecule has 3 rings (SSSR count). The molecule has 2 aromatic heterocycles. The highest BCUT2D eigenvalue weighted by molar-refractivity contribution is 6.28. The lowest BCUT2D eigenvalue weighted by Gasteiger charge is -2.37. The van der Waals surface area contributed by atoms with E-state index < -0.39 is 0 Å². The molecule has 2 aromatic rings. The summed E-state index contributed by atoms with van der Waals surface area (Å²) in [7, 11) is 2.11. The molecule has 1 fully saturated rings. The van der Waals surface area contributed by atoms with Crippen LogP contribution in [-0.4, -0.2) is 67.3 Å².